The van der Waals surface area contributed by atoms with E-state index >= 15 is 0 Å². The first-order valence-corrected chi connectivity index (χ1v) is 10.3. The number of carbonyl (C=O) groups is 2. The van der Waals surface area contributed by atoms with Gasteiger partial charge in [0.1, 0.15) is 11.5 Å². The average molecular weight is 429 g/mol. The fourth-order valence-electron chi connectivity index (χ4n) is 4.34. The first kappa shape index (κ1) is 24.3. The van der Waals surface area contributed by atoms with Crippen molar-refractivity contribution in [3.63, 3.8) is 0 Å². The van der Waals surface area contributed by atoms with Crippen LogP contribution < -0.4 is 0 Å². The van der Waals surface area contributed by atoms with Crippen LogP contribution in [0, 0.1) is 25.2 Å². The number of benzene rings is 2. The third-order valence-corrected chi connectivity index (χ3v) is 5.50. The normalized spacial score (nSPS) is 12.7. The van der Waals surface area contributed by atoms with Gasteiger partial charge in [0.2, 0.25) is 0 Å². The molecular weight excluding hydrogens is 396 g/mol. The maximum absolute atomic E-state index is 11.6. The largest absolute Gasteiger partial charge is 0.507 e. The molecule has 0 aliphatic heterocycles. The summed E-state index contributed by atoms with van der Waals surface area (Å²) in [6, 6.07) is 5.63. The molecule has 0 spiro atoms. The van der Waals surface area contributed by atoms with E-state index in [1.165, 1.54) is 24.3 Å². The van der Waals surface area contributed by atoms with Crippen LogP contribution in [0.25, 0.3) is 0 Å². The van der Waals surface area contributed by atoms with Crippen LogP contribution in [0.4, 0.5) is 0 Å². The van der Waals surface area contributed by atoms with E-state index in [4.69, 9.17) is 0 Å². The van der Waals surface area contributed by atoms with Crippen molar-refractivity contribution in [3.05, 3.63) is 57.6 Å². The summed E-state index contributed by atoms with van der Waals surface area (Å²) < 4.78 is 0. The summed E-state index contributed by atoms with van der Waals surface area (Å²) >= 11 is 0. The molecule has 0 saturated heterocycles. The zero-order valence-corrected chi connectivity index (χ0v) is 19.0. The van der Waals surface area contributed by atoms with Gasteiger partial charge in [-0.25, -0.2) is 9.59 Å². The monoisotopic (exact) mass is 428 g/mol. The van der Waals surface area contributed by atoms with Gasteiger partial charge in [-0.15, -0.1) is 0 Å². The highest BCUT2D eigenvalue weighted by Gasteiger charge is 2.28. The zero-order chi connectivity index (χ0) is 23.7. The highest BCUT2D eigenvalue weighted by molar-refractivity contribution is 5.89. The summed E-state index contributed by atoms with van der Waals surface area (Å²) in [5.74, 6) is -2.75. The number of carboxylic acids is 2. The molecule has 0 amide bonds. The van der Waals surface area contributed by atoms with Crippen molar-refractivity contribution in [1.82, 2.24) is 0 Å². The lowest BCUT2D eigenvalue weighted by Crippen LogP contribution is -2.16. The smallest absolute Gasteiger partial charge is 0.335 e. The van der Waals surface area contributed by atoms with Crippen molar-refractivity contribution in [2.75, 3.05) is 0 Å². The minimum Gasteiger partial charge on any atom is -0.507 e. The van der Waals surface area contributed by atoms with Crippen LogP contribution >= 0.6 is 0 Å². The van der Waals surface area contributed by atoms with Gasteiger partial charge in [0.05, 0.1) is 11.1 Å². The van der Waals surface area contributed by atoms with Crippen LogP contribution in [0.5, 0.6) is 11.5 Å². The van der Waals surface area contributed by atoms with E-state index in [0.29, 0.717) is 28.7 Å². The number of phenolic OH excluding ortho intramolecular Hbond substituents is 2. The molecule has 6 nitrogen and oxygen atoms in total. The average Bonchev–Trinajstić information content (AvgIpc) is 2.62. The summed E-state index contributed by atoms with van der Waals surface area (Å²) in [7, 11) is 0. The molecule has 0 radical (unpaired) electrons. The minimum atomic E-state index is -1.12. The Morgan fingerprint density at radius 3 is 1.55 bits per heavy atom. The van der Waals surface area contributed by atoms with E-state index < -0.39 is 17.9 Å². The molecule has 0 aliphatic carbocycles. The molecule has 0 bridgehead atoms. The minimum absolute atomic E-state index is 0.0318. The van der Waals surface area contributed by atoms with Gasteiger partial charge in [-0.05, 0) is 73.4 Å². The number of rotatable bonds is 7. The molecule has 0 heterocycles. The maximum atomic E-state index is 11.6. The van der Waals surface area contributed by atoms with E-state index in [2.05, 4.69) is 27.7 Å². The van der Waals surface area contributed by atoms with Gasteiger partial charge in [-0.3, -0.25) is 0 Å². The Hall–Kier alpha value is -3.02. The zero-order valence-electron chi connectivity index (χ0n) is 19.0. The van der Waals surface area contributed by atoms with Crippen LogP contribution in [0.15, 0.2) is 24.3 Å². The number of phenols is 2. The lowest BCUT2D eigenvalue weighted by molar-refractivity contribution is 0.0686. The maximum Gasteiger partial charge on any atom is 0.335 e. The summed E-state index contributed by atoms with van der Waals surface area (Å²) in [6.45, 7) is 11.7. The number of hydrogen-bond donors (Lipinski definition) is 4. The van der Waals surface area contributed by atoms with E-state index in [9.17, 15) is 30.0 Å². The van der Waals surface area contributed by atoms with Crippen LogP contribution in [-0.2, 0) is 0 Å². The Balaban J connectivity index is 2.75. The highest BCUT2D eigenvalue weighted by atomic mass is 16.4. The summed E-state index contributed by atoms with van der Waals surface area (Å²) in [5, 5.41) is 40.7. The molecule has 1 atom stereocenters. The third kappa shape index (κ3) is 5.78. The molecule has 4 N–H and O–H groups in total. The molecule has 6 heteroatoms. The molecule has 2 rings (SSSR count). The topological polar surface area (TPSA) is 115 Å². The first-order valence-electron chi connectivity index (χ1n) is 10.3. The number of carboxylic acid groups (broad SMARTS) is 2. The Morgan fingerprint density at radius 1 is 0.839 bits per heavy atom. The molecular formula is C25H32O6. The first-order chi connectivity index (χ1) is 14.2. The number of aromatic carboxylic acids is 2. The number of aromatic hydroxyl groups is 2. The molecule has 31 heavy (non-hydrogen) atoms. The molecule has 0 aliphatic rings. The van der Waals surface area contributed by atoms with Gasteiger partial charge in [0, 0.05) is 17.0 Å². The highest BCUT2D eigenvalue weighted by Crippen LogP contribution is 2.44. The second kappa shape index (κ2) is 9.00. The summed E-state index contributed by atoms with van der Waals surface area (Å²) in [6.07, 6.45) is 1.36. The predicted molar refractivity (Wildman–Crippen MR) is 119 cm³/mol. The molecule has 168 valence electrons. The van der Waals surface area contributed by atoms with Gasteiger partial charge in [0.25, 0.3) is 0 Å². The third-order valence-electron chi connectivity index (χ3n) is 5.50. The van der Waals surface area contributed by atoms with Gasteiger partial charge < -0.3 is 20.4 Å². The fourth-order valence-corrected chi connectivity index (χ4v) is 4.34. The lowest BCUT2D eigenvalue weighted by Gasteiger charge is -2.29. The van der Waals surface area contributed by atoms with E-state index in [0.717, 1.165) is 6.42 Å². The SMILES string of the molecule is Cc1cc(C(=O)O)cc(C(CC(C)CC(C)(C)C)c2cc(C(=O)O)cc(C)c2O)c1O. The lowest BCUT2D eigenvalue weighted by atomic mass is 9.76. The van der Waals surface area contributed by atoms with E-state index in [-0.39, 0.29) is 34.0 Å². The summed E-state index contributed by atoms with van der Waals surface area (Å²) in [4.78, 5) is 23.3. The van der Waals surface area contributed by atoms with Crippen molar-refractivity contribution in [2.45, 2.75) is 60.3 Å². The van der Waals surface area contributed by atoms with Gasteiger partial charge in [0.15, 0.2) is 0 Å². The molecule has 0 aromatic heterocycles. The molecule has 2 aromatic carbocycles. The molecule has 2 aromatic rings. The van der Waals surface area contributed by atoms with Crippen LogP contribution in [0.3, 0.4) is 0 Å². The second-order valence-electron chi connectivity index (χ2n) is 9.73. The van der Waals surface area contributed by atoms with E-state index in [1.807, 2.05) is 0 Å². The molecule has 0 fully saturated rings. The van der Waals surface area contributed by atoms with Gasteiger partial charge >= 0.3 is 11.9 Å². The quantitative estimate of drug-likeness (QED) is 0.449. The van der Waals surface area contributed by atoms with Crippen LogP contribution in [-0.4, -0.2) is 32.4 Å². The fraction of sp³-hybridized carbons (Fsp3) is 0.440. The van der Waals surface area contributed by atoms with Crippen molar-refractivity contribution in [1.29, 1.82) is 0 Å². The number of aryl methyl sites for hydroxylation is 2. The van der Waals surface area contributed by atoms with Gasteiger partial charge in [-0.1, -0.05) is 27.7 Å². The standard InChI is InChI=1S/C25H32O6/c1-13(12-25(4,5)6)7-18(19-10-16(23(28)29)8-14(2)21(19)26)20-11-17(24(30)31)9-15(3)22(20)27/h8-11,13,18,26-27H,7,12H2,1-6H3,(H,28,29)(H,30,31). The van der Waals surface area contributed by atoms with Crippen LogP contribution in [0.1, 0.15) is 89.4 Å². The van der Waals surface area contributed by atoms with Crippen molar-refractivity contribution in [3.8, 4) is 11.5 Å². The second-order valence-corrected chi connectivity index (χ2v) is 9.73. The Morgan fingerprint density at radius 2 is 1.23 bits per heavy atom. The molecule has 0 saturated carbocycles. The Labute approximate surface area is 183 Å². The van der Waals surface area contributed by atoms with Crippen molar-refractivity contribution in [2.24, 2.45) is 11.3 Å². The Kier molecular flexibility index (Phi) is 7.04. The summed E-state index contributed by atoms with van der Waals surface area (Å²) in [5.41, 5.74) is 1.67. The van der Waals surface area contributed by atoms with Crippen molar-refractivity contribution >= 4 is 11.9 Å². The number of hydrogen-bond acceptors (Lipinski definition) is 4. The molecule has 1 unspecified atom stereocenters. The predicted octanol–water partition coefficient (Wildman–Crippen LogP) is 5.71. The van der Waals surface area contributed by atoms with Crippen LogP contribution in [0.2, 0.25) is 0 Å². The van der Waals surface area contributed by atoms with Gasteiger partial charge in [-0.2, -0.15) is 0 Å². The Bertz CT molecular complexity index is 931. The van der Waals surface area contributed by atoms with E-state index in [1.54, 1.807) is 13.8 Å². The van der Waals surface area contributed by atoms with Crippen molar-refractivity contribution < 1.29 is 30.0 Å².